The molecular formula is C13H14N6O3S. The number of anilines is 3. The topological polar surface area (TPSA) is 109 Å². The first-order valence-corrected chi connectivity index (χ1v) is 7.99. The monoisotopic (exact) mass is 334 g/mol. The standard InChI is InChI=1S/C13H14N6O3S/c20-6-8-5-9(15-13-16-14-7-23-13)10-11(18-22-17-10)12(8)19-1-3-21-4-2-19/h5,7,20H,1-4,6H2,(H,15,16). The third-order valence-corrected chi connectivity index (χ3v) is 4.30. The highest BCUT2D eigenvalue weighted by Gasteiger charge is 2.23. The van der Waals surface area contributed by atoms with Gasteiger partial charge in [-0.05, 0) is 16.4 Å². The summed E-state index contributed by atoms with van der Waals surface area (Å²) in [6.07, 6.45) is 0. The maximum Gasteiger partial charge on any atom is 0.209 e. The Balaban J connectivity index is 1.82. The number of aliphatic hydroxyl groups excluding tert-OH is 1. The molecule has 120 valence electrons. The predicted molar refractivity (Wildman–Crippen MR) is 84.0 cm³/mol. The van der Waals surface area contributed by atoms with E-state index in [-0.39, 0.29) is 6.61 Å². The van der Waals surface area contributed by atoms with Crippen molar-refractivity contribution in [3.63, 3.8) is 0 Å². The van der Waals surface area contributed by atoms with Crippen molar-refractivity contribution in [3.05, 3.63) is 17.1 Å². The molecule has 0 amide bonds. The van der Waals surface area contributed by atoms with Crippen LogP contribution in [0.3, 0.4) is 0 Å². The molecule has 3 aromatic rings. The van der Waals surface area contributed by atoms with Gasteiger partial charge in [0.25, 0.3) is 0 Å². The molecule has 1 saturated heterocycles. The second-order valence-electron chi connectivity index (χ2n) is 5.02. The molecule has 1 aromatic carbocycles. The van der Waals surface area contributed by atoms with Gasteiger partial charge >= 0.3 is 0 Å². The lowest BCUT2D eigenvalue weighted by Gasteiger charge is -2.30. The quantitative estimate of drug-likeness (QED) is 0.726. The molecule has 0 bridgehead atoms. The Bertz CT molecular complexity index is 800. The molecule has 1 aliphatic heterocycles. The lowest BCUT2D eigenvalue weighted by atomic mass is 10.1. The number of hydrogen-bond acceptors (Lipinski definition) is 10. The van der Waals surface area contributed by atoms with Gasteiger partial charge in [0.15, 0.2) is 11.0 Å². The lowest BCUT2D eigenvalue weighted by Crippen LogP contribution is -2.37. The first-order chi connectivity index (χ1) is 11.4. The number of fused-ring (bicyclic) bond motifs is 1. The second-order valence-corrected chi connectivity index (χ2v) is 5.85. The highest BCUT2D eigenvalue weighted by atomic mass is 32.1. The van der Waals surface area contributed by atoms with Crippen LogP contribution < -0.4 is 10.2 Å². The molecule has 0 radical (unpaired) electrons. The molecule has 1 fully saturated rings. The Morgan fingerprint density at radius 2 is 2.09 bits per heavy atom. The summed E-state index contributed by atoms with van der Waals surface area (Å²) in [7, 11) is 0. The van der Waals surface area contributed by atoms with Crippen LogP contribution in [0.5, 0.6) is 0 Å². The number of morpholine rings is 1. The smallest absolute Gasteiger partial charge is 0.209 e. The van der Waals surface area contributed by atoms with Crippen molar-refractivity contribution in [2.45, 2.75) is 6.61 Å². The van der Waals surface area contributed by atoms with Crippen molar-refractivity contribution in [1.29, 1.82) is 0 Å². The average Bonchev–Trinajstić information content (AvgIpc) is 3.26. The summed E-state index contributed by atoms with van der Waals surface area (Å²) < 4.78 is 10.3. The second kappa shape index (κ2) is 6.07. The van der Waals surface area contributed by atoms with E-state index in [4.69, 9.17) is 9.37 Å². The summed E-state index contributed by atoms with van der Waals surface area (Å²) in [4.78, 5) is 2.14. The van der Waals surface area contributed by atoms with Crippen LogP contribution in [0.2, 0.25) is 0 Å². The zero-order valence-corrected chi connectivity index (χ0v) is 12.9. The molecule has 4 rings (SSSR count). The minimum absolute atomic E-state index is 0.111. The molecule has 1 aliphatic rings. The Hall–Kier alpha value is -2.30. The van der Waals surface area contributed by atoms with Crippen molar-refractivity contribution in [2.24, 2.45) is 0 Å². The van der Waals surface area contributed by atoms with Gasteiger partial charge in [0.2, 0.25) is 5.13 Å². The van der Waals surface area contributed by atoms with Crippen molar-refractivity contribution >= 4 is 38.9 Å². The van der Waals surface area contributed by atoms with Crippen molar-refractivity contribution in [2.75, 3.05) is 36.5 Å². The number of nitrogens with zero attached hydrogens (tertiary/aromatic N) is 5. The zero-order chi connectivity index (χ0) is 15.6. The number of hydrogen-bond donors (Lipinski definition) is 2. The Morgan fingerprint density at radius 1 is 1.26 bits per heavy atom. The normalized spacial score (nSPS) is 15.3. The molecular weight excluding hydrogens is 320 g/mol. The summed E-state index contributed by atoms with van der Waals surface area (Å²) in [6, 6.07) is 1.85. The molecule has 0 unspecified atom stereocenters. The van der Waals surface area contributed by atoms with Gasteiger partial charge in [-0.15, -0.1) is 10.2 Å². The van der Waals surface area contributed by atoms with Gasteiger partial charge < -0.3 is 20.1 Å². The van der Waals surface area contributed by atoms with Crippen LogP contribution in [0.25, 0.3) is 11.0 Å². The van der Waals surface area contributed by atoms with Crippen molar-refractivity contribution in [1.82, 2.24) is 20.5 Å². The van der Waals surface area contributed by atoms with E-state index < -0.39 is 0 Å². The maximum absolute atomic E-state index is 9.81. The molecule has 0 aliphatic carbocycles. The highest BCUT2D eigenvalue weighted by Crippen LogP contribution is 2.36. The van der Waals surface area contributed by atoms with E-state index in [0.29, 0.717) is 35.1 Å². The van der Waals surface area contributed by atoms with Gasteiger partial charge in [0, 0.05) is 18.7 Å². The number of aliphatic hydroxyl groups is 1. The minimum Gasteiger partial charge on any atom is -0.392 e. The fraction of sp³-hybridized carbons (Fsp3) is 0.385. The van der Waals surface area contributed by atoms with E-state index in [1.54, 1.807) is 5.51 Å². The summed E-state index contributed by atoms with van der Waals surface area (Å²) in [5, 5.41) is 29.4. The van der Waals surface area contributed by atoms with Gasteiger partial charge in [-0.1, -0.05) is 11.3 Å². The first-order valence-electron chi connectivity index (χ1n) is 7.11. The van der Waals surface area contributed by atoms with Crippen LogP contribution in [0.4, 0.5) is 16.5 Å². The largest absolute Gasteiger partial charge is 0.392 e. The van der Waals surface area contributed by atoms with Crippen molar-refractivity contribution < 1.29 is 14.5 Å². The fourth-order valence-electron chi connectivity index (χ4n) is 2.68. The Kier molecular flexibility index (Phi) is 3.77. The molecule has 10 heteroatoms. The molecule has 0 spiro atoms. The Morgan fingerprint density at radius 3 is 2.83 bits per heavy atom. The average molecular weight is 334 g/mol. The van der Waals surface area contributed by atoms with Crippen LogP contribution in [-0.4, -0.2) is 51.9 Å². The number of benzene rings is 1. The molecule has 0 atom stereocenters. The first kappa shape index (κ1) is 14.3. The van der Waals surface area contributed by atoms with Crippen LogP contribution in [-0.2, 0) is 11.3 Å². The third kappa shape index (κ3) is 2.60. The zero-order valence-electron chi connectivity index (χ0n) is 12.1. The van der Waals surface area contributed by atoms with Gasteiger partial charge in [-0.25, -0.2) is 4.63 Å². The summed E-state index contributed by atoms with van der Waals surface area (Å²) in [5.74, 6) is 0. The summed E-state index contributed by atoms with van der Waals surface area (Å²) >= 11 is 1.37. The van der Waals surface area contributed by atoms with E-state index >= 15 is 0 Å². The fourth-order valence-corrected chi connectivity index (χ4v) is 3.14. The Labute approximate surface area is 134 Å². The van der Waals surface area contributed by atoms with Crippen LogP contribution in [0.15, 0.2) is 16.2 Å². The molecule has 9 nitrogen and oxygen atoms in total. The van der Waals surface area contributed by atoms with Gasteiger partial charge in [-0.3, -0.25) is 0 Å². The third-order valence-electron chi connectivity index (χ3n) is 3.69. The summed E-state index contributed by atoms with van der Waals surface area (Å²) in [5.41, 5.74) is 5.12. The van der Waals surface area contributed by atoms with Crippen LogP contribution in [0, 0.1) is 0 Å². The van der Waals surface area contributed by atoms with Crippen molar-refractivity contribution in [3.8, 4) is 0 Å². The minimum atomic E-state index is -0.111. The van der Waals surface area contributed by atoms with E-state index in [2.05, 4.69) is 30.7 Å². The van der Waals surface area contributed by atoms with E-state index in [9.17, 15) is 5.11 Å². The maximum atomic E-state index is 9.81. The van der Waals surface area contributed by atoms with E-state index in [1.807, 2.05) is 6.07 Å². The number of aromatic nitrogens is 4. The molecule has 3 heterocycles. The molecule has 2 aromatic heterocycles. The van der Waals surface area contributed by atoms with Crippen LogP contribution >= 0.6 is 11.3 Å². The van der Waals surface area contributed by atoms with E-state index in [1.165, 1.54) is 11.3 Å². The molecule has 2 N–H and O–H groups in total. The lowest BCUT2D eigenvalue weighted by molar-refractivity contribution is 0.122. The van der Waals surface area contributed by atoms with E-state index in [0.717, 1.165) is 24.3 Å². The SMILES string of the molecule is OCc1cc(Nc2nncs2)c2nonc2c1N1CCOCC1. The van der Waals surface area contributed by atoms with Gasteiger partial charge in [-0.2, -0.15) is 0 Å². The van der Waals surface area contributed by atoms with Crippen LogP contribution in [0.1, 0.15) is 5.56 Å². The molecule has 0 saturated carbocycles. The molecule has 23 heavy (non-hydrogen) atoms. The predicted octanol–water partition coefficient (Wildman–Crippen LogP) is 1.15. The van der Waals surface area contributed by atoms with Gasteiger partial charge in [0.1, 0.15) is 5.51 Å². The number of nitrogens with one attached hydrogen (secondary N) is 1. The van der Waals surface area contributed by atoms with Gasteiger partial charge in [0.05, 0.1) is 31.2 Å². The summed E-state index contributed by atoms with van der Waals surface area (Å²) in [6.45, 7) is 2.64. The number of rotatable bonds is 4. The highest BCUT2D eigenvalue weighted by molar-refractivity contribution is 7.13. The number of ether oxygens (including phenoxy) is 1.